The van der Waals surface area contributed by atoms with Crippen LogP contribution in [-0.2, 0) is 0 Å². The van der Waals surface area contributed by atoms with Gasteiger partial charge in [0.05, 0.1) is 0 Å². The van der Waals surface area contributed by atoms with Crippen LogP contribution < -0.4 is 5.32 Å². The highest BCUT2D eigenvalue weighted by atomic mass is 35.6. The number of alkyl halides is 3. The van der Waals surface area contributed by atoms with Gasteiger partial charge in [-0.2, -0.15) is 0 Å². The van der Waals surface area contributed by atoms with E-state index < -0.39 is 9.90 Å². The number of halogens is 3. The normalized spacial score (nSPS) is 16.2. The molecule has 0 saturated carbocycles. The van der Waals surface area contributed by atoms with Crippen LogP contribution in [0.2, 0.25) is 0 Å². The average molecular weight is 235 g/mol. The topological polar surface area (TPSA) is 32.3 Å². The summed E-state index contributed by atoms with van der Waals surface area (Å²) in [4.78, 5) is 0. The second-order valence-electron chi connectivity index (χ2n) is 3.69. The molecule has 0 radical (unpaired) electrons. The number of rotatable bonds is 2. The highest BCUT2D eigenvalue weighted by Gasteiger charge is 2.31. The molecule has 0 spiro atoms. The van der Waals surface area contributed by atoms with Crippen molar-refractivity contribution >= 4 is 34.8 Å². The summed E-state index contributed by atoms with van der Waals surface area (Å²) in [5, 5.41) is 12.3. The van der Waals surface area contributed by atoms with Crippen LogP contribution >= 0.6 is 34.8 Å². The summed E-state index contributed by atoms with van der Waals surface area (Å²) in [5.41, 5.74) is -0.0864. The number of nitrogens with one attached hydrogen (secondary N) is 1. The van der Waals surface area contributed by atoms with E-state index >= 15 is 0 Å². The number of hydrogen-bond donors (Lipinski definition) is 2. The maximum Gasteiger partial charge on any atom is 0.217 e. The first-order valence-electron chi connectivity index (χ1n) is 3.63. The first-order chi connectivity index (χ1) is 5.13. The molecule has 2 N–H and O–H groups in total. The Hall–Kier alpha value is 0.790. The minimum absolute atomic E-state index is 0.0864. The van der Waals surface area contributed by atoms with Gasteiger partial charge in [0.25, 0.3) is 0 Å². The minimum atomic E-state index is -1.61. The third kappa shape index (κ3) is 6.32. The van der Waals surface area contributed by atoms with Crippen LogP contribution in [0.15, 0.2) is 0 Å². The van der Waals surface area contributed by atoms with Crippen molar-refractivity contribution in [2.24, 2.45) is 0 Å². The molecule has 74 valence electrons. The zero-order valence-electron chi connectivity index (χ0n) is 7.37. The summed E-state index contributed by atoms with van der Waals surface area (Å²) in [7, 11) is 0. The van der Waals surface area contributed by atoms with Gasteiger partial charge in [-0.15, -0.1) is 0 Å². The van der Waals surface area contributed by atoms with Crippen LogP contribution in [0.5, 0.6) is 0 Å². The Labute approximate surface area is 88.2 Å². The quantitative estimate of drug-likeness (QED) is 0.717. The fourth-order valence-corrected chi connectivity index (χ4v) is 0.750. The molecule has 0 saturated heterocycles. The van der Waals surface area contributed by atoms with Gasteiger partial charge >= 0.3 is 0 Å². The van der Waals surface area contributed by atoms with E-state index in [1.54, 1.807) is 0 Å². The molecule has 0 aromatic carbocycles. The molecule has 0 aliphatic heterocycles. The van der Waals surface area contributed by atoms with E-state index in [9.17, 15) is 5.11 Å². The second-order valence-corrected chi connectivity index (χ2v) is 6.06. The Morgan fingerprint density at radius 2 is 1.67 bits per heavy atom. The first-order valence-corrected chi connectivity index (χ1v) is 4.76. The minimum Gasteiger partial charge on any atom is -0.387 e. The van der Waals surface area contributed by atoms with E-state index in [1.165, 1.54) is 0 Å². The lowest BCUT2D eigenvalue weighted by molar-refractivity contribution is 0.164. The second kappa shape index (κ2) is 4.34. The van der Waals surface area contributed by atoms with Gasteiger partial charge in [-0.05, 0) is 20.8 Å². The third-order valence-electron chi connectivity index (χ3n) is 1.20. The number of aliphatic hydroxyl groups is 1. The van der Waals surface area contributed by atoms with Gasteiger partial charge in [-0.25, -0.2) is 0 Å². The smallest absolute Gasteiger partial charge is 0.217 e. The zero-order chi connectivity index (χ0) is 9.99. The lowest BCUT2D eigenvalue weighted by atomic mass is 10.1. The van der Waals surface area contributed by atoms with Crippen LogP contribution in [0.25, 0.3) is 0 Å². The van der Waals surface area contributed by atoms with Crippen LogP contribution in [0.4, 0.5) is 0 Å². The fraction of sp³-hybridized carbons (Fsp3) is 1.00. The van der Waals surface area contributed by atoms with Crippen molar-refractivity contribution in [1.29, 1.82) is 0 Å². The summed E-state index contributed by atoms with van der Waals surface area (Å²) in [6.45, 7) is 6.17. The summed E-state index contributed by atoms with van der Waals surface area (Å²) in [5.74, 6) is 0. The van der Waals surface area contributed by atoms with Gasteiger partial charge in [-0.3, -0.25) is 0 Å². The average Bonchev–Trinajstić information content (AvgIpc) is 1.78. The molecule has 5 heteroatoms. The monoisotopic (exact) mass is 233 g/mol. The van der Waals surface area contributed by atoms with Gasteiger partial charge in [0.2, 0.25) is 3.79 Å². The Morgan fingerprint density at radius 1 is 1.25 bits per heavy atom. The number of hydrogen-bond acceptors (Lipinski definition) is 2. The summed E-state index contributed by atoms with van der Waals surface area (Å²) in [6.07, 6.45) is -0.985. The molecule has 0 fully saturated rings. The van der Waals surface area contributed by atoms with E-state index in [-0.39, 0.29) is 12.1 Å². The SMILES string of the molecule is CC(C)(C)NCC(O)C(Cl)(Cl)Cl. The third-order valence-corrected chi connectivity index (χ3v) is 1.96. The van der Waals surface area contributed by atoms with Crippen LogP contribution in [-0.4, -0.2) is 27.1 Å². The Kier molecular flexibility index (Phi) is 4.62. The predicted molar refractivity (Wildman–Crippen MR) is 54.1 cm³/mol. The van der Waals surface area contributed by atoms with E-state index in [0.717, 1.165) is 0 Å². The van der Waals surface area contributed by atoms with Gasteiger partial charge in [0.1, 0.15) is 6.10 Å². The molecule has 0 rings (SSSR count). The van der Waals surface area contributed by atoms with Crippen LogP contribution in [0.1, 0.15) is 20.8 Å². The largest absolute Gasteiger partial charge is 0.387 e. The number of β-amino-alcohol motifs (C(OH)–C–C–N with tert-alkyl or cyclic N) is 1. The van der Waals surface area contributed by atoms with Crippen molar-refractivity contribution in [3.63, 3.8) is 0 Å². The van der Waals surface area contributed by atoms with E-state index in [4.69, 9.17) is 34.8 Å². The van der Waals surface area contributed by atoms with Crippen molar-refractivity contribution < 1.29 is 5.11 Å². The maximum atomic E-state index is 9.29. The van der Waals surface area contributed by atoms with Crippen LogP contribution in [0.3, 0.4) is 0 Å². The molecule has 2 nitrogen and oxygen atoms in total. The Balaban J connectivity index is 3.80. The maximum absolute atomic E-state index is 9.29. The fourth-order valence-electron chi connectivity index (χ4n) is 0.519. The predicted octanol–water partition coefficient (Wildman–Crippen LogP) is 2.11. The van der Waals surface area contributed by atoms with Gasteiger partial charge in [0, 0.05) is 12.1 Å². The molecule has 0 amide bonds. The van der Waals surface area contributed by atoms with Gasteiger partial charge < -0.3 is 10.4 Å². The standard InChI is InChI=1S/C7H14Cl3NO/c1-6(2,3)11-4-5(12)7(8,9)10/h5,11-12H,4H2,1-3H3. The molecule has 1 unspecified atom stereocenters. The summed E-state index contributed by atoms with van der Waals surface area (Å²) >= 11 is 16.4. The highest BCUT2D eigenvalue weighted by molar-refractivity contribution is 6.68. The molecule has 0 bridgehead atoms. The van der Waals surface area contributed by atoms with E-state index in [0.29, 0.717) is 0 Å². The number of aliphatic hydroxyl groups excluding tert-OH is 1. The molecule has 12 heavy (non-hydrogen) atoms. The molecular weight excluding hydrogens is 220 g/mol. The van der Waals surface area contributed by atoms with Crippen molar-refractivity contribution in [2.45, 2.75) is 36.2 Å². The van der Waals surface area contributed by atoms with Crippen molar-refractivity contribution in [3.8, 4) is 0 Å². The molecule has 0 aromatic heterocycles. The van der Waals surface area contributed by atoms with Crippen molar-refractivity contribution in [1.82, 2.24) is 5.32 Å². The molecular formula is C7H14Cl3NO. The lowest BCUT2D eigenvalue weighted by Gasteiger charge is -2.25. The molecule has 0 heterocycles. The molecule has 0 aromatic rings. The highest BCUT2D eigenvalue weighted by Crippen LogP contribution is 2.29. The van der Waals surface area contributed by atoms with Crippen LogP contribution in [0, 0.1) is 0 Å². The van der Waals surface area contributed by atoms with Crippen molar-refractivity contribution in [3.05, 3.63) is 0 Å². The molecule has 1 atom stereocenters. The van der Waals surface area contributed by atoms with Crippen molar-refractivity contribution in [2.75, 3.05) is 6.54 Å². The summed E-state index contributed by atoms with van der Waals surface area (Å²) in [6, 6.07) is 0. The Morgan fingerprint density at radius 3 is 1.92 bits per heavy atom. The van der Waals surface area contributed by atoms with E-state index in [2.05, 4.69) is 5.32 Å². The molecule has 0 aliphatic carbocycles. The zero-order valence-corrected chi connectivity index (χ0v) is 9.63. The first kappa shape index (κ1) is 12.8. The summed E-state index contributed by atoms with van der Waals surface area (Å²) < 4.78 is -1.61. The van der Waals surface area contributed by atoms with Gasteiger partial charge in [-0.1, -0.05) is 34.8 Å². The molecule has 0 aliphatic rings. The lowest BCUT2D eigenvalue weighted by Crippen LogP contribution is -2.44. The Bertz CT molecular complexity index is 139. The van der Waals surface area contributed by atoms with E-state index in [1.807, 2.05) is 20.8 Å². The van der Waals surface area contributed by atoms with Gasteiger partial charge in [0.15, 0.2) is 0 Å².